The first-order valence-corrected chi connectivity index (χ1v) is 9.64. The monoisotopic (exact) mass is 394 g/mol. The zero-order chi connectivity index (χ0) is 20.9. The summed E-state index contributed by atoms with van der Waals surface area (Å²) < 4.78 is 5.19. The van der Waals surface area contributed by atoms with Crippen LogP contribution >= 0.6 is 0 Å². The number of nitrogens with zero attached hydrogens (tertiary/aromatic N) is 4. The molecular weight excluding hydrogens is 368 g/mol. The normalized spacial score (nSPS) is 11.4. The summed E-state index contributed by atoms with van der Waals surface area (Å²) in [5.41, 5.74) is 2.45. The summed E-state index contributed by atoms with van der Waals surface area (Å²) in [7, 11) is 0. The number of phenolic OH excluding ortho intramolecular Hbond substituents is 1. The summed E-state index contributed by atoms with van der Waals surface area (Å²) in [5.74, 6) is 0.521. The van der Waals surface area contributed by atoms with Gasteiger partial charge in [-0.3, -0.25) is 4.79 Å². The van der Waals surface area contributed by atoms with E-state index in [9.17, 15) is 9.90 Å². The standard InChI is InChI=1S/C22H26N4O3/c1-22(2,3)21(28)29-15-26-24-20(23-25-26)18-13-11-16(12-14-18)7-6-9-17-8-4-5-10-19(17)27/h4-5,8,10-14,27H,6-7,9,15H2,1-3H3. The van der Waals surface area contributed by atoms with Crippen molar-refractivity contribution in [3.05, 3.63) is 59.7 Å². The number of tetrazole rings is 1. The van der Waals surface area contributed by atoms with Crippen molar-refractivity contribution in [3.63, 3.8) is 0 Å². The molecular formula is C22H26N4O3. The summed E-state index contributed by atoms with van der Waals surface area (Å²) in [6, 6.07) is 15.4. The molecule has 0 spiro atoms. The van der Waals surface area contributed by atoms with Gasteiger partial charge in [0.25, 0.3) is 0 Å². The Balaban J connectivity index is 1.53. The maximum Gasteiger partial charge on any atom is 0.313 e. The van der Waals surface area contributed by atoms with Crippen LogP contribution in [0, 0.1) is 5.41 Å². The van der Waals surface area contributed by atoms with E-state index < -0.39 is 5.41 Å². The number of hydrogen-bond donors (Lipinski definition) is 1. The van der Waals surface area contributed by atoms with E-state index in [4.69, 9.17) is 4.74 Å². The highest BCUT2D eigenvalue weighted by atomic mass is 16.5. The van der Waals surface area contributed by atoms with Crippen LogP contribution in [0.3, 0.4) is 0 Å². The van der Waals surface area contributed by atoms with Crippen LogP contribution in [-0.4, -0.2) is 31.3 Å². The van der Waals surface area contributed by atoms with Crippen LogP contribution in [0.5, 0.6) is 5.75 Å². The van der Waals surface area contributed by atoms with Crippen molar-refractivity contribution in [2.75, 3.05) is 0 Å². The number of para-hydroxylation sites is 1. The number of rotatable bonds is 7. The van der Waals surface area contributed by atoms with E-state index in [1.807, 2.05) is 42.5 Å². The Bertz CT molecular complexity index is 959. The Morgan fingerprint density at radius 2 is 1.79 bits per heavy atom. The van der Waals surface area contributed by atoms with Crippen molar-refractivity contribution < 1.29 is 14.6 Å². The minimum Gasteiger partial charge on any atom is -0.508 e. The fourth-order valence-electron chi connectivity index (χ4n) is 2.77. The van der Waals surface area contributed by atoms with E-state index in [1.54, 1.807) is 26.8 Å². The molecule has 3 rings (SSSR count). The Labute approximate surface area is 170 Å². The van der Waals surface area contributed by atoms with Crippen molar-refractivity contribution in [1.82, 2.24) is 20.2 Å². The molecule has 0 bridgehead atoms. The van der Waals surface area contributed by atoms with Gasteiger partial charge in [-0.05, 0) is 62.4 Å². The van der Waals surface area contributed by atoms with Gasteiger partial charge in [0.1, 0.15) is 5.75 Å². The Hall–Kier alpha value is -3.22. The lowest BCUT2D eigenvalue weighted by Crippen LogP contribution is -2.24. The highest BCUT2D eigenvalue weighted by molar-refractivity contribution is 5.75. The van der Waals surface area contributed by atoms with Gasteiger partial charge in [0.05, 0.1) is 5.41 Å². The van der Waals surface area contributed by atoms with Crippen LogP contribution in [0.4, 0.5) is 0 Å². The van der Waals surface area contributed by atoms with Gasteiger partial charge in [-0.25, -0.2) is 0 Å². The third-order valence-electron chi connectivity index (χ3n) is 4.49. The van der Waals surface area contributed by atoms with Gasteiger partial charge in [0.2, 0.25) is 12.6 Å². The van der Waals surface area contributed by atoms with Gasteiger partial charge in [0.15, 0.2) is 0 Å². The maximum atomic E-state index is 11.8. The molecule has 1 heterocycles. The van der Waals surface area contributed by atoms with E-state index in [-0.39, 0.29) is 12.7 Å². The predicted octanol–water partition coefficient (Wildman–Crippen LogP) is 3.77. The minimum atomic E-state index is -0.571. The van der Waals surface area contributed by atoms with Crippen LogP contribution in [0.25, 0.3) is 11.4 Å². The second-order valence-corrected chi connectivity index (χ2v) is 7.98. The highest BCUT2D eigenvalue weighted by Crippen LogP contribution is 2.20. The average molecular weight is 394 g/mol. The van der Waals surface area contributed by atoms with Gasteiger partial charge >= 0.3 is 5.97 Å². The number of aromatic nitrogens is 4. The number of carbonyl (C=O) groups excluding carboxylic acids is 1. The lowest BCUT2D eigenvalue weighted by atomic mass is 9.98. The van der Waals surface area contributed by atoms with Gasteiger partial charge in [-0.15, -0.1) is 15.0 Å². The van der Waals surface area contributed by atoms with E-state index in [1.165, 1.54) is 10.4 Å². The first-order chi connectivity index (χ1) is 13.8. The van der Waals surface area contributed by atoms with Gasteiger partial charge in [-0.2, -0.15) is 0 Å². The molecule has 152 valence electrons. The number of aromatic hydroxyl groups is 1. The third-order valence-corrected chi connectivity index (χ3v) is 4.49. The Kier molecular flexibility index (Phi) is 6.26. The molecule has 7 nitrogen and oxygen atoms in total. The molecule has 7 heteroatoms. The number of benzene rings is 2. The molecule has 0 aliphatic rings. The fourth-order valence-corrected chi connectivity index (χ4v) is 2.77. The van der Waals surface area contributed by atoms with Crippen LogP contribution < -0.4 is 0 Å². The van der Waals surface area contributed by atoms with E-state index in [0.29, 0.717) is 11.6 Å². The summed E-state index contributed by atoms with van der Waals surface area (Å²) in [6.45, 7) is 5.31. The molecule has 0 fully saturated rings. The molecule has 0 amide bonds. The highest BCUT2D eigenvalue weighted by Gasteiger charge is 2.23. The maximum absolute atomic E-state index is 11.8. The summed E-state index contributed by atoms with van der Waals surface area (Å²) in [4.78, 5) is 13.1. The molecule has 0 aliphatic carbocycles. The van der Waals surface area contributed by atoms with Crippen molar-refractivity contribution in [2.24, 2.45) is 5.41 Å². The number of esters is 1. The molecule has 0 saturated carbocycles. The first-order valence-electron chi connectivity index (χ1n) is 9.64. The molecule has 1 N–H and O–H groups in total. The Morgan fingerprint density at radius 1 is 1.07 bits per heavy atom. The average Bonchev–Trinajstić information content (AvgIpc) is 3.16. The number of carbonyl (C=O) groups is 1. The topological polar surface area (TPSA) is 90.1 Å². The number of aryl methyl sites for hydroxylation is 2. The minimum absolute atomic E-state index is 0.0620. The second kappa shape index (κ2) is 8.86. The van der Waals surface area contributed by atoms with Crippen molar-refractivity contribution >= 4 is 5.97 Å². The lowest BCUT2D eigenvalue weighted by Gasteiger charge is -2.15. The quantitative estimate of drug-likeness (QED) is 0.614. The van der Waals surface area contributed by atoms with Crippen molar-refractivity contribution in [1.29, 1.82) is 0 Å². The summed E-state index contributed by atoms with van der Waals surface area (Å²) in [5, 5.41) is 22.1. The third kappa shape index (κ3) is 5.63. The largest absolute Gasteiger partial charge is 0.508 e. The molecule has 29 heavy (non-hydrogen) atoms. The number of hydrogen-bond acceptors (Lipinski definition) is 6. The molecule has 0 atom stereocenters. The predicted molar refractivity (Wildman–Crippen MR) is 109 cm³/mol. The van der Waals surface area contributed by atoms with Gasteiger partial charge in [-0.1, -0.05) is 42.5 Å². The van der Waals surface area contributed by atoms with Crippen LogP contribution in [0.2, 0.25) is 0 Å². The van der Waals surface area contributed by atoms with Gasteiger partial charge < -0.3 is 9.84 Å². The smallest absolute Gasteiger partial charge is 0.313 e. The lowest BCUT2D eigenvalue weighted by molar-refractivity contribution is -0.157. The molecule has 2 aromatic carbocycles. The molecule has 0 unspecified atom stereocenters. The molecule has 0 radical (unpaired) electrons. The van der Waals surface area contributed by atoms with Crippen LogP contribution in [-0.2, 0) is 29.1 Å². The second-order valence-electron chi connectivity index (χ2n) is 7.98. The van der Waals surface area contributed by atoms with Crippen LogP contribution in [0.1, 0.15) is 38.3 Å². The van der Waals surface area contributed by atoms with Crippen molar-refractivity contribution in [2.45, 2.75) is 46.8 Å². The van der Waals surface area contributed by atoms with Crippen molar-refractivity contribution in [3.8, 4) is 17.1 Å². The SMILES string of the molecule is CC(C)(C)C(=O)OCn1nnc(-c2ccc(CCCc3ccccc3O)cc2)n1. The zero-order valence-corrected chi connectivity index (χ0v) is 17.0. The summed E-state index contributed by atoms with van der Waals surface area (Å²) in [6.07, 6.45) is 2.69. The number of phenols is 1. The van der Waals surface area contributed by atoms with E-state index >= 15 is 0 Å². The zero-order valence-electron chi connectivity index (χ0n) is 17.0. The molecule has 1 aromatic heterocycles. The van der Waals surface area contributed by atoms with Crippen LogP contribution in [0.15, 0.2) is 48.5 Å². The van der Waals surface area contributed by atoms with Gasteiger partial charge in [0, 0.05) is 5.56 Å². The summed E-state index contributed by atoms with van der Waals surface area (Å²) >= 11 is 0. The molecule has 0 aliphatic heterocycles. The molecule has 0 saturated heterocycles. The molecule has 3 aromatic rings. The van der Waals surface area contributed by atoms with E-state index in [2.05, 4.69) is 15.4 Å². The van der Waals surface area contributed by atoms with E-state index in [0.717, 1.165) is 30.4 Å². The fraction of sp³-hybridized carbons (Fsp3) is 0.364. The Morgan fingerprint density at radius 3 is 2.48 bits per heavy atom. The first kappa shape index (κ1) is 20.5. The number of ether oxygens (including phenoxy) is 1.